The van der Waals surface area contributed by atoms with Crippen LogP contribution in [-0.4, -0.2) is 22.5 Å². The van der Waals surface area contributed by atoms with Gasteiger partial charge in [0, 0.05) is 5.56 Å². The molecule has 0 radical (unpaired) electrons. The van der Waals surface area contributed by atoms with E-state index < -0.39 is 8.32 Å². The van der Waals surface area contributed by atoms with E-state index in [4.69, 9.17) is 13.9 Å². The SMILES string of the molecule is COc1cc(CO[Si](C)(C)C(C)(C)C)c(OC)cc1Br. The summed E-state index contributed by atoms with van der Waals surface area (Å²) in [6.45, 7) is 11.7. The highest BCUT2D eigenvalue weighted by atomic mass is 79.9. The van der Waals surface area contributed by atoms with Crippen LogP contribution < -0.4 is 9.47 Å². The predicted molar refractivity (Wildman–Crippen MR) is 89.2 cm³/mol. The molecular weight excluding hydrogens is 336 g/mol. The highest BCUT2D eigenvalue weighted by molar-refractivity contribution is 9.10. The van der Waals surface area contributed by atoms with E-state index in [1.165, 1.54) is 0 Å². The van der Waals surface area contributed by atoms with E-state index >= 15 is 0 Å². The van der Waals surface area contributed by atoms with Gasteiger partial charge >= 0.3 is 0 Å². The Morgan fingerprint density at radius 1 is 1.05 bits per heavy atom. The van der Waals surface area contributed by atoms with Gasteiger partial charge in [-0.3, -0.25) is 0 Å². The van der Waals surface area contributed by atoms with Crippen molar-refractivity contribution in [3.05, 3.63) is 22.2 Å². The fraction of sp³-hybridized carbons (Fsp3) is 0.600. The maximum Gasteiger partial charge on any atom is 0.192 e. The summed E-state index contributed by atoms with van der Waals surface area (Å²) in [5.41, 5.74) is 1.01. The molecule has 0 amide bonds. The fourth-order valence-electron chi connectivity index (χ4n) is 1.51. The van der Waals surface area contributed by atoms with Gasteiger partial charge in [0.05, 0.1) is 25.3 Å². The molecule has 0 saturated heterocycles. The van der Waals surface area contributed by atoms with E-state index in [2.05, 4.69) is 49.8 Å². The number of benzene rings is 1. The standard InChI is InChI=1S/C15H25BrO3Si/c1-15(2,3)20(6,7)19-10-11-8-14(18-5)12(16)9-13(11)17-4/h8-9H,10H2,1-7H3. The van der Waals surface area contributed by atoms with Crippen molar-refractivity contribution in [1.29, 1.82) is 0 Å². The van der Waals surface area contributed by atoms with Crippen LogP contribution in [0.5, 0.6) is 11.5 Å². The minimum absolute atomic E-state index is 0.194. The van der Waals surface area contributed by atoms with Gasteiger partial charge in [-0.15, -0.1) is 0 Å². The minimum atomic E-state index is -1.77. The summed E-state index contributed by atoms with van der Waals surface area (Å²) in [5, 5.41) is 0.194. The van der Waals surface area contributed by atoms with Crippen LogP contribution in [0.3, 0.4) is 0 Å². The molecule has 0 unspecified atom stereocenters. The molecule has 0 aliphatic heterocycles. The normalized spacial score (nSPS) is 12.4. The van der Waals surface area contributed by atoms with Crippen molar-refractivity contribution in [2.24, 2.45) is 0 Å². The predicted octanol–water partition coefficient (Wildman–Crippen LogP) is 4.99. The van der Waals surface area contributed by atoms with Crippen molar-refractivity contribution < 1.29 is 13.9 Å². The molecule has 20 heavy (non-hydrogen) atoms. The Bertz CT molecular complexity index is 467. The molecule has 0 N–H and O–H groups in total. The van der Waals surface area contributed by atoms with E-state index in [0.717, 1.165) is 21.5 Å². The molecule has 0 saturated carbocycles. The first-order chi connectivity index (χ1) is 9.12. The van der Waals surface area contributed by atoms with Gasteiger partial charge in [-0.25, -0.2) is 0 Å². The fourth-order valence-corrected chi connectivity index (χ4v) is 2.94. The molecule has 0 atom stereocenters. The van der Waals surface area contributed by atoms with Gasteiger partial charge in [0.2, 0.25) is 0 Å². The van der Waals surface area contributed by atoms with Gasteiger partial charge in [0.1, 0.15) is 11.5 Å². The second-order valence-corrected chi connectivity index (χ2v) is 12.0. The van der Waals surface area contributed by atoms with Crippen LogP contribution in [0.1, 0.15) is 26.3 Å². The highest BCUT2D eigenvalue weighted by Crippen LogP contribution is 2.39. The second-order valence-electron chi connectivity index (χ2n) is 6.35. The molecule has 0 bridgehead atoms. The third-order valence-corrected chi connectivity index (χ3v) is 9.05. The topological polar surface area (TPSA) is 27.7 Å². The molecule has 5 heteroatoms. The van der Waals surface area contributed by atoms with E-state index in [-0.39, 0.29) is 5.04 Å². The molecule has 1 aromatic carbocycles. The Kier molecular flexibility index (Phi) is 5.69. The quantitative estimate of drug-likeness (QED) is 0.692. The summed E-state index contributed by atoms with van der Waals surface area (Å²) in [7, 11) is 1.56. The zero-order valence-electron chi connectivity index (χ0n) is 13.5. The van der Waals surface area contributed by atoms with Crippen LogP contribution in [-0.2, 0) is 11.0 Å². The molecule has 3 nitrogen and oxygen atoms in total. The molecule has 114 valence electrons. The first-order valence-corrected chi connectivity index (χ1v) is 10.4. The van der Waals surface area contributed by atoms with Crippen LogP contribution in [0.15, 0.2) is 16.6 Å². The van der Waals surface area contributed by atoms with Crippen molar-refractivity contribution in [1.82, 2.24) is 0 Å². The van der Waals surface area contributed by atoms with E-state index in [1.54, 1.807) is 14.2 Å². The van der Waals surface area contributed by atoms with Gasteiger partial charge in [-0.2, -0.15) is 0 Å². The van der Waals surface area contributed by atoms with E-state index in [0.29, 0.717) is 6.61 Å². The summed E-state index contributed by atoms with van der Waals surface area (Å²) in [6.07, 6.45) is 0. The monoisotopic (exact) mass is 360 g/mol. The Balaban J connectivity index is 2.98. The lowest BCUT2D eigenvalue weighted by Gasteiger charge is -2.36. The Morgan fingerprint density at radius 3 is 2.05 bits per heavy atom. The number of hydrogen-bond donors (Lipinski definition) is 0. The molecular formula is C15H25BrO3Si. The lowest BCUT2D eigenvalue weighted by atomic mass is 10.2. The third-order valence-electron chi connectivity index (χ3n) is 3.95. The van der Waals surface area contributed by atoms with Crippen molar-refractivity contribution in [3.8, 4) is 11.5 Å². The lowest BCUT2D eigenvalue weighted by molar-refractivity contribution is 0.268. The van der Waals surface area contributed by atoms with Gasteiger partial charge in [0.15, 0.2) is 8.32 Å². The third kappa shape index (κ3) is 3.99. The lowest BCUT2D eigenvalue weighted by Crippen LogP contribution is -2.40. The number of halogens is 1. The maximum absolute atomic E-state index is 6.25. The first kappa shape index (κ1) is 17.5. The molecule has 0 aromatic heterocycles. The molecule has 0 spiro atoms. The van der Waals surface area contributed by atoms with Gasteiger partial charge in [-0.05, 0) is 46.2 Å². The zero-order valence-corrected chi connectivity index (χ0v) is 16.1. The number of methoxy groups -OCH3 is 2. The summed E-state index contributed by atoms with van der Waals surface area (Å²) in [4.78, 5) is 0. The second kappa shape index (κ2) is 6.50. The molecule has 0 aliphatic rings. The average Bonchev–Trinajstić information content (AvgIpc) is 2.35. The Morgan fingerprint density at radius 2 is 1.60 bits per heavy atom. The number of ether oxygens (including phenoxy) is 2. The minimum Gasteiger partial charge on any atom is -0.496 e. The summed E-state index contributed by atoms with van der Waals surface area (Å²) < 4.78 is 17.9. The number of hydrogen-bond acceptors (Lipinski definition) is 3. The highest BCUT2D eigenvalue weighted by Gasteiger charge is 2.37. The van der Waals surface area contributed by atoms with Crippen molar-refractivity contribution in [3.63, 3.8) is 0 Å². The van der Waals surface area contributed by atoms with Gasteiger partial charge in [-0.1, -0.05) is 20.8 Å². The Labute approximate surface area is 131 Å². The molecule has 1 rings (SSSR count). The van der Waals surface area contributed by atoms with Crippen molar-refractivity contribution in [2.45, 2.75) is 45.5 Å². The van der Waals surface area contributed by atoms with Crippen LogP contribution in [0.2, 0.25) is 18.1 Å². The van der Waals surface area contributed by atoms with Crippen LogP contribution >= 0.6 is 15.9 Å². The maximum atomic E-state index is 6.25. The summed E-state index contributed by atoms with van der Waals surface area (Å²) in [5.74, 6) is 1.61. The molecule has 0 fully saturated rings. The van der Waals surface area contributed by atoms with Crippen LogP contribution in [0, 0.1) is 0 Å². The molecule has 1 aromatic rings. The first-order valence-electron chi connectivity index (χ1n) is 6.66. The largest absolute Gasteiger partial charge is 0.496 e. The average molecular weight is 361 g/mol. The molecule has 0 heterocycles. The van der Waals surface area contributed by atoms with Crippen LogP contribution in [0.25, 0.3) is 0 Å². The zero-order chi connectivity index (χ0) is 15.6. The van der Waals surface area contributed by atoms with Crippen LogP contribution in [0.4, 0.5) is 0 Å². The van der Waals surface area contributed by atoms with Gasteiger partial charge < -0.3 is 13.9 Å². The summed E-state index contributed by atoms with van der Waals surface area (Å²) >= 11 is 3.47. The summed E-state index contributed by atoms with van der Waals surface area (Å²) in [6, 6.07) is 3.89. The van der Waals surface area contributed by atoms with Crippen molar-refractivity contribution >= 4 is 24.2 Å². The van der Waals surface area contributed by atoms with E-state index in [9.17, 15) is 0 Å². The van der Waals surface area contributed by atoms with Gasteiger partial charge in [0.25, 0.3) is 0 Å². The van der Waals surface area contributed by atoms with Crippen molar-refractivity contribution in [2.75, 3.05) is 14.2 Å². The molecule has 0 aliphatic carbocycles. The Hall–Kier alpha value is -0.523. The van der Waals surface area contributed by atoms with E-state index in [1.807, 2.05) is 12.1 Å². The smallest absolute Gasteiger partial charge is 0.192 e. The number of rotatable bonds is 5.